The number of benzene rings is 1. The Morgan fingerprint density at radius 1 is 1.33 bits per heavy atom. The van der Waals surface area contributed by atoms with Crippen molar-refractivity contribution < 1.29 is 23.9 Å². The van der Waals surface area contributed by atoms with Crippen LogP contribution in [-0.4, -0.2) is 52.8 Å². The molecular formula is C21H29FN4O4. The Hall–Kier alpha value is -2.97. The van der Waals surface area contributed by atoms with E-state index in [1.807, 2.05) is 0 Å². The molecule has 1 aliphatic rings. The van der Waals surface area contributed by atoms with E-state index in [1.165, 1.54) is 12.1 Å². The van der Waals surface area contributed by atoms with E-state index in [1.54, 1.807) is 25.7 Å². The first-order chi connectivity index (χ1) is 13.9. The van der Waals surface area contributed by atoms with Gasteiger partial charge in [-0.25, -0.2) is 4.39 Å². The topological polar surface area (TPSA) is 137 Å². The lowest BCUT2D eigenvalue weighted by atomic mass is 9.82. The number of carboxylic acids is 1. The van der Waals surface area contributed by atoms with E-state index in [4.69, 9.17) is 16.2 Å². The fourth-order valence-corrected chi connectivity index (χ4v) is 3.50. The van der Waals surface area contributed by atoms with E-state index in [0.717, 1.165) is 6.07 Å². The van der Waals surface area contributed by atoms with E-state index in [9.17, 15) is 18.8 Å². The van der Waals surface area contributed by atoms with Gasteiger partial charge in [0.25, 0.3) is 5.91 Å². The van der Waals surface area contributed by atoms with Crippen molar-refractivity contribution in [1.82, 2.24) is 10.2 Å². The molecule has 9 heteroatoms. The van der Waals surface area contributed by atoms with Crippen LogP contribution in [0.2, 0.25) is 0 Å². The minimum absolute atomic E-state index is 0.0627. The number of piperidine rings is 1. The van der Waals surface area contributed by atoms with Crippen LogP contribution in [0, 0.1) is 22.6 Å². The van der Waals surface area contributed by atoms with E-state index >= 15 is 0 Å². The second-order valence-electron chi connectivity index (χ2n) is 8.36. The number of halogens is 1. The highest BCUT2D eigenvalue weighted by molar-refractivity contribution is 5.98. The molecule has 0 unspecified atom stereocenters. The van der Waals surface area contributed by atoms with Gasteiger partial charge in [0.1, 0.15) is 11.7 Å². The number of aliphatic carboxylic acids is 1. The zero-order valence-electron chi connectivity index (χ0n) is 17.5. The number of nitrogen functional groups attached to an aromatic ring is 1. The molecule has 0 spiro atoms. The fraction of sp³-hybridized carbons (Fsp3) is 0.524. The van der Waals surface area contributed by atoms with Crippen molar-refractivity contribution in [3.63, 3.8) is 0 Å². The van der Waals surface area contributed by atoms with E-state index < -0.39 is 29.2 Å². The Labute approximate surface area is 175 Å². The van der Waals surface area contributed by atoms with Gasteiger partial charge in [-0.05, 0) is 51.7 Å². The van der Waals surface area contributed by atoms with Crippen molar-refractivity contribution in [2.75, 3.05) is 13.1 Å². The van der Waals surface area contributed by atoms with Gasteiger partial charge in [0, 0.05) is 31.1 Å². The fourth-order valence-electron chi connectivity index (χ4n) is 3.50. The molecule has 5 N–H and O–H groups in total. The molecule has 1 aliphatic heterocycles. The third-order valence-electron chi connectivity index (χ3n) is 5.87. The van der Waals surface area contributed by atoms with Crippen LogP contribution in [-0.2, 0) is 9.59 Å². The van der Waals surface area contributed by atoms with Gasteiger partial charge in [-0.2, -0.15) is 0 Å². The zero-order valence-corrected chi connectivity index (χ0v) is 17.5. The third-order valence-corrected chi connectivity index (χ3v) is 5.87. The molecule has 30 heavy (non-hydrogen) atoms. The minimum atomic E-state index is -0.939. The van der Waals surface area contributed by atoms with E-state index in [2.05, 4.69) is 5.32 Å². The van der Waals surface area contributed by atoms with Crippen LogP contribution in [0.25, 0.3) is 0 Å². The average Bonchev–Trinajstić information content (AvgIpc) is 2.67. The number of nitrogens with two attached hydrogens (primary N) is 1. The predicted molar refractivity (Wildman–Crippen MR) is 110 cm³/mol. The Balaban J connectivity index is 2.02. The first-order valence-corrected chi connectivity index (χ1v) is 9.89. The molecule has 0 aromatic heterocycles. The smallest absolute Gasteiger partial charge is 0.303 e. The molecule has 1 heterocycles. The lowest BCUT2D eigenvalue weighted by molar-refractivity contribution is -0.143. The summed E-state index contributed by atoms with van der Waals surface area (Å²) in [6.45, 7) is 6.08. The molecule has 1 aromatic carbocycles. The highest BCUT2D eigenvalue weighted by Gasteiger charge is 2.39. The predicted octanol–water partition coefficient (Wildman–Crippen LogP) is 1.97. The first kappa shape index (κ1) is 23.3. The molecule has 1 fully saturated rings. The summed E-state index contributed by atoms with van der Waals surface area (Å²) in [4.78, 5) is 38.1. The number of hydrogen-bond donors (Lipinski definition) is 4. The Morgan fingerprint density at radius 2 is 1.93 bits per heavy atom. The molecule has 8 nitrogen and oxygen atoms in total. The number of likely N-dealkylation sites (tertiary alicyclic amines) is 1. The summed E-state index contributed by atoms with van der Waals surface area (Å²) in [5, 5.41) is 18.9. The van der Waals surface area contributed by atoms with Gasteiger partial charge < -0.3 is 21.1 Å². The second kappa shape index (κ2) is 9.23. The van der Waals surface area contributed by atoms with Gasteiger partial charge in [0.2, 0.25) is 5.91 Å². The Bertz CT molecular complexity index is 847. The molecule has 0 bridgehead atoms. The average molecular weight is 420 g/mol. The van der Waals surface area contributed by atoms with Crippen LogP contribution in [0.5, 0.6) is 0 Å². The van der Waals surface area contributed by atoms with Gasteiger partial charge in [-0.1, -0.05) is 6.07 Å². The van der Waals surface area contributed by atoms with Crippen molar-refractivity contribution >= 4 is 23.6 Å². The highest BCUT2D eigenvalue weighted by atomic mass is 19.1. The van der Waals surface area contributed by atoms with E-state index in [0.29, 0.717) is 25.9 Å². The Morgan fingerprint density at radius 3 is 2.43 bits per heavy atom. The maximum Gasteiger partial charge on any atom is 0.303 e. The number of nitrogens with one attached hydrogen (secondary N) is 2. The zero-order chi connectivity index (χ0) is 22.6. The van der Waals surface area contributed by atoms with Gasteiger partial charge in [-0.15, -0.1) is 0 Å². The number of amides is 2. The molecule has 164 valence electrons. The molecule has 0 aliphatic carbocycles. The van der Waals surface area contributed by atoms with Crippen LogP contribution in [0.1, 0.15) is 56.0 Å². The van der Waals surface area contributed by atoms with Crippen molar-refractivity contribution in [2.24, 2.45) is 17.1 Å². The quantitative estimate of drug-likeness (QED) is 0.395. The summed E-state index contributed by atoms with van der Waals surface area (Å²) in [5.74, 6) is -2.66. The summed E-state index contributed by atoms with van der Waals surface area (Å²) >= 11 is 0. The normalized spacial score (nSPS) is 16.1. The van der Waals surface area contributed by atoms with Gasteiger partial charge in [0.15, 0.2) is 0 Å². The number of hydrogen-bond acceptors (Lipinski definition) is 4. The van der Waals surface area contributed by atoms with Gasteiger partial charge >= 0.3 is 5.97 Å². The monoisotopic (exact) mass is 420 g/mol. The summed E-state index contributed by atoms with van der Waals surface area (Å²) < 4.78 is 14.3. The molecule has 1 atom stereocenters. The molecular weight excluding hydrogens is 391 g/mol. The molecule has 0 radical (unpaired) electrons. The van der Waals surface area contributed by atoms with Crippen molar-refractivity contribution in [3.05, 3.63) is 35.1 Å². The Kier molecular flexibility index (Phi) is 7.17. The number of amidine groups is 1. The maximum atomic E-state index is 14.3. The molecule has 1 aromatic rings. The summed E-state index contributed by atoms with van der Waals surface area (Å²) in [6, 6.07) is 3.10. The van der Waals surface area contributed by atoms with E-state index in [-0.39, 0.29) is 35.2 Å². The van der Waals surface area contributed by atoms with Crippen molar-refractivity contribution in [1.29, 1.82) is 5.41 Å². The second-order valence-corrected chi connectivity index (χ2v) is 8.36. The highest BCUT2D eigenvalue weighted by Crippen LogP contribution is 2.28. The van der Waals surface area contributed by atoms with Crippen LogP contribution < -0.4 is 11.1 Å². The van der Waals surface area contributed by atoms with Crippen molar-refractivity contribution in [2.45, 2.75) is 46.1 Å². The van der Waals surface area contributed by atoms with Gasteiger partial charge in [-0.3, -0.25) is 19.8 Å². The van der Waals surface area contributed by atoms with Crippen LogP contribution in [0.3, 0.4) is 0 Å². The molecule has 1 saturated heterocycles. The first-order valence-electron chi connectivity index (χ1n) is 9.89. The number of rotatable bonds is 7. The maximum absolute atomic E-state index is 14.3. The number of carboxylic acid groups (broad SMARTS) is 1. The summed E-state index contributed by atoms with van der Waals surface area (Å²) in [5.41, 5.74) is 4.38. The molecule has 2 amide bonds. The SMILES string of the molecule is C[C@@H](NC(=O)c1ccc(C(=N)N)cc1F)C(C)(C)C(=O)N1CCC(CC(=O)O)CC1. The number of carbonyl (C=O) groups excluding carboxylic acids is 2. The van der Waals surface area contributed by atoms with Crippen LogP contribution in [0.15, 0.2) is 18.2 Å². The lowest BCUT2D eigenvalue weighted by Gasteiger charge is -2.39. The third kappa shape index (κ3) is 5.34. The van der Waals surface area contributed by atoms with Crippen LogP contribution in [0.4, 0.5) is 4.39 Å². The molecule has 0 saturated carbocycles. The standard InChI is InChI=1S/C21H29FN4O4/c1-12(25-19(29)15-5-4-14(18(23)24)11-16(15)22)21(2,3)20(30)26-8-6-13(7-9-26)10-17(27)28/h4-5,11-13H,6-10H2,1-3H3,(H3,23,24)(H,25,29)(H,27,28)/t12-/m1/s1. The van der Waals surface area contributed by atoms with Gasteiger partial charge in [0.05, 0.1) is 11.0 Å². The lowest BCUT2D eigenvalue weighted by Crippen LogP contribution is -2.53. The molecule has 2 rings (SSSR count). The number of nitrogens with zero attached hydrogens (tertiary/aromatic N) is 1. The van der Waals surface area contributed by atoms with Crippen molar-refractivity contribution in [3.8, 4) is 0 Å². The summed E-state index contributed by atoms with van der Waals surface area (Å²) in [7, 11) is 0. The minimum Gasteiger partial charge on any atom is -0.481 e. The summed E-state index contributed by atoms with van der Waals surface area (Å²) in [6.07, 6.45) is 1.36. The van der Waals surface area contributed by atoms with Crippen LogP contribution >= 0.6 is 0 Å². The largest absolute Gasteiger partial charge is 0.481 e. The number of carbonyl (C=O) groups is 3.